The number of aliphatic hydroxyl groups is 1. The molecule has 1 amide bonds. The first-order valence-electron chi connectivity index (χ1n) is 10.0. The fourth-order valence-corrected chi connectivity index (χ4v) is 4.74. The number of cyclic esters (lactones) is 1. The highest BCUT2D eigenvalue weighted by molar-refractivity contribution is 9.10. The van der Waals surface area contributed by atoms with Gasteiger partial charge in [0.2, 0.25) is 0 Å². The highest BCUT2D eigenvalue weighted by atomic mass is 79.9. The monoisotopic (exact) mass is 547 g/mol. The Balaban J connectivity index is 1.64. The van der Waals surface area contributed by atoms with Crippen LogP contribution in [0.2, 0.25) is 0 Å². The number of alkyl halides is 2. The fourth-order valence-electron chi connectivity index (χ4n) is 3.43. The van der Waals surface area contributed by atoms with Gasteiger partial charge in [-0.1, -0.05) is 40.2 Å². The second-order valence-corrected chi connectivity index (χ2v) is 9.48. The van der Waals surface area contributed by atoms with Gasteiger partial charge in [-0.05, 0) is 31.0 Å². The molecule has 1 saturated heterocycles. The summed E-state index contributed by atoms with van der Waals surface area (Å²) in [6, 6.07) is 6.08. The maximum atomic E-state index is 14.6. The maximum Gasteiger partial charge on any atom is 0.410 e. The zero-order valence-corrected chi connectivity index (χ0v) is 19.6. The molecule has 0 radical (unpaired) electrons. The molecule has 0 aliphatic carbocycles. The van der Waals surface area contributed by atoms with Gasteiger partial charge in [0.05, 0.1) is 12.6 Å². The first-order valence-corrected chi connectivity index (χ1v) is 11.7. The van der Waals surface area contributed by atoms with Crippen molar-refractivity contribution in [3.8, 4) is 0 Å². The van der Waals surface area contributed by atoms with E-state index in [4.69, 9.17) is 9.84 Å². The number of carbonyl (C=O) groups is 2. The van der Waals surface area contributed by atoms with Gasteiger partial charge in [-0.15, -0.1) is 11.3 Å². The van der Waals surface area contributed by atoms with Gasteiger partial charge in [-0.2, -0.15) is 8.78 Å². The summed E-state index contributed by atoms with van der Waals surface area (Å²) < 4.78 is 48.4. The molecule has 178 valence electrons. The van der Waals surface area contributed by atoms with Crippen molar-refractivity contribution in [2.45, 2.75) is 37.3 Å². The summed E-state index contributed by atoms with van der Waals surface area (Å²) in [5.74, 6) is -5.68. The van der Waals surface area contributed by atoms with E-state index in [9.17, 15) is 27.9 Å². The van der Waals surface area contributed by atoms with Gasteiger partial charge in [0, 0.05) is 27.9 Å². The van der Waals surface area contributed by atoms with E-state index in [1.165, 1.54) is 29.2 Å². The number of aromatic carboxylic acids is 1. The predicted molar refractivity (Wildman–Crippen MR) is 119 cm³/mol. The molecule has 1 fully saturated rings. The summed E-state index contributed by atoms with van der Waals surface area (Å²) in [5, 5.41) is 19.1. The first kappa shape index (κ1) is 25.3. The van der Waals surface area contributed by atoms with Crippen molar-refractivity contribution in [1.29, 1.82) is 0 Å². The Morgan fingerprint density at radius 2 is 2.15 bits per heavy atom. The van der Waals surface area contributed by atoms with Crippen LogP contribution in [0.1, 0.15) is 33.0 Å². The third-order valence-corrected chi connectivity index (χ3v) is 6.78. The lowest BCUT2D eigenvalue weighted by molar-refractivity contribution is -0.0930. The number of aliphatic hydroxyl groups excluding tert-OH is 1. The van der Waals surface area contributed by atoms with Gasteiger partial charge in [0.25, 0.3) is 0 Å². The number of carboxylic acid groups (broad SMARTS) is 1. The van der Waals surface area contributed by atoms with Gasteiger partial charge in [-0.3, -0.25) is 0 Å². The Morgan fingerprint density at radius 1 is 1.39 bits per heavy atom. The van der Waals surface area contributed by atoms with Crippen molar-refractivity contribution in [2.24, 2.45) is 0 Å². The quantitative estimate of drug-likeness (QED) is 0.421. The molecule has 1 aromatic carbocycles. The molecule has 0 bridgehead atoms. The minimum Gasteiger partial charge on any atom is -0.477 e. The summed E-state index contributed by atoms with van der Waals surface area (Å²) in [5.41, 5.74) is -0.349. The van der Waals surface area contributed by atoms with Crippen LogP contribution in [0, 0.1) is 5.82 Å². The van der Waals surface area contributed by atoms with E-state index in [0.717, 1.165) is 23.5 Å². The first-order chi connectivity index (χ1) is 15.6. The molecule has 33 heavy (non-hydrogen) atoms. The average Bonchev–Trinajstić information content (AvgIpc) is 3.14. The number of ether oxygens (including phenoxy) is 1. The van der Waals surface area contributed by atoms with Crippen LogP contribution in [0.3, 0.4) is 0 Å². The lowest BCUT2D eigenvalue weighted by Gasteiger charge is -2.33. The molecule has 1 aromatic heterocycles. The molecule has 0 unspecified atom stereocenters. The summed E-state index contributed by atoms with van der Waals surface area (Å²) in [4.78, 5) is 24.7. The smallest absolute Gasteiger partial charge is 0.410 e. The number of nitrogens with zero attached hydrogens (tertiary/aromatic N) is 1. The molecule has 2 N–H and O–H groups in total. The molecule has 0 saturated carbocycles. The van der Waals surface area contributed by atoms with Crippen LogP contribution in [0.25, 0.3) is 0 Å². The van der Waals surface area contributed by atoms with E-state index in [1.807, 2.05) is 0 Å². The number of hydrogen-bond donors (Lipinski definition) is 2. The van der Waals surface area contributed by atoms with Crippen molar-refractivity contribution < 1.29 is 37.7 Å². The van der Waals surface area contributed by atoms with Gasteiger partial charge in [-0.25, -0.2) is 14.0 Å². The number of benzene rings is 1. The third kappa shape index (κ3) is 6.15. The zero-order chi connectivity index (χ0) is 24.2. The number of thiophene rings is 1. The highest BCUT2D eigenvalue weighted by Crippen LogP contribution is 2.34. The summed E-state index contributed by atoms with van der Waals surface area (Å²) in [6.45, 7) is 0.300. The summed E-state index contributed by atoms with van der Waals surface area (Å²) in [7, 11) is 0. The van der Waals surface area contributed by atoms with E-state index in [0.29, 0.717) is 28.6 Å². The van der Waals surface area contributed by atoms with E-state index in [2.05, 4.69) is 15.9 Å². The van der Waals surface area contributed by atoms with Crippen LogP contribution < -0.4 is 0 Å². The van der Waals surface area contributed by atoms with Crippen molar-refractivity contribution in [1.82, 2.24) is 4.90 Å². The average molecular weight is 548 g/mol. The molecular formula is C22H21BrF3NO5S. The largest absolute Gasteiger partial charge is 0.477 e. The Kier molecular flexibility index (Phi) is 8.19. The Bertz CT molecular complexity index is 1040. The number of rotatable bonds is 9. The number of hydrogen-bond acceptors (Lipinski definition) is 5. The van der Waals surface area contributed by atoms with E-state index in [1.54, 1.807) is 6.07 Å². The third-order valence-electron chi connectivity index (χ3n) is 5.12. The predicted octanol–water partition coefficient (Wildman–Crippen LogP) is 5.20. The van der Waals surface area contributed by atoms with Crippen LogP contribution >= 0.6 is 27.3 Å². The zero-order valence-electron chi connectivity index (χ0n) is 17.2. The molecule has 3 rings (SSSR count). The highest BCUT2D eigenvalue weighted by Gasteiger charge is 2.39. The lowest BCUT2D eigenvalue weighted by Crippen LogP contribution is -2.45. The molecule has 6 nitrogen and oxygen atoms in total. The second-order valence-electron chi connectivity index (χ2n) is 7.43. The number of aryl methyl sites for hydroxylation is 1. The molecule has 11 heteroatoms. The standard InChI is InChI=1S/C22H21BrF3NO5S/c23-14-4-1-3-13(11-14)22(25,26)18(28)7-6-15-8-10-32-21(31)27(15)9-2-5-16-12-17(24)19(33-16)20(29)30/h1,3-4,6-7,11-12,15,18,28H,2,5,8-10H2,(H,29,30)/t15-,18+/m0/s1. The van der Waals surface area contributed by atoms with Gasteiger partial charge < -0.3 is 19.8 Å². The molecule has 2 aromatic rings. The molecule has 0 spiro atoms. The van der Waals surface area contributed by atoms with Crippen molar-refractivity contribution in [2.75, 3.05) is 13.2 Å². The van der Waals surface area contributed by atoms with Crippen LogP contribution in [0.5, 0.6) is 0 Å². The lowest BCUT2D eigenvalue weighted by atomic mass is 10.0. The van der Waals surface area contributed by atoms with Crippen LogP contribution in [0.15, 0.2) is 47.0 Å². The normalized spacial score (nSPS) is 17.9. The molecule has 2 heterocycles. The van der Waals surface area contributed by atoms with Gasteiger partial charge in [0.15, 0.2) is 0 Å². The van der Waals surface area contributed by atoms with Crippen molar-refractivity contribution in [3.63, 3.8) is 0 Å². The summed E-state index contributed by atoms with van der Waals surface area (Å²) >= 11 is 3.96. The number of halogens is 4. The molecule has 1 aliphatic rings. The number of carbonyl (C=O) groups excluding carboxylic acids is 1. The van der Waals surface area contributed by atoms with Crippen molar-refractivity contribution >= 4 is 39.3 Å². The van der Waals surface area contributed by atoms with E-state index >= 15 is 0 Å². The number of amides is 1. The van der Waals surface area contributed by atoms with Crippen LogP contribution in [0.4, 0.5) is 18.0 Å². The Labute approximate surface area is 200 Å². The SMILES string of the molecule is O=C(O)c1sc(CCCN2C(=O)OCC[C@@H]2C=C[C@@H](O)C(F)(F)c2cccc(Br)c2)cc1F. The minimum absolute atomic E-state index is 0.112. The van der Waals surface area contributed by atoms with Crippen molar-refractivity contribution in [3.05, 3.63) is 68.1 Å². The van der Waals surface area contributed by atoms with Gasteiger partial charge >= 0.3 is 18.0 Å². The molecule has 1 aliphatic heterocycles. The Morgan fingerprint density at radius 3 is 2.82 bits per heavy atom. The Hall–Kier alpha value is -2.37. The molecular weight excluding hydrogens is 527 g/mol. The summed E-state index contributed by atoms with van der Waals surface area (Å²) in [6.07, 6.45) is 0.694. The topological polar surface area (TPSA) is 87.1 Å². The number of carboxylic acids is 1. The van der Waals surface area contributed by atoms with Crippen LogP contribution in [-0.4, -0.2) is 52.5 Å². The van der Waals surface area contributed by atoms with Crippen LogP contribution in [-0.2, 0) is 17.1 Å². The fraction of sp³-hybridized carbons (Fsp3) is 0.364. The van der Waals surface area contributed by atoms with Gasteiger partial charge in [0.1, 0.15) is 16.8 Å². The van der Waals surface area contributed by atoms with E-state index < -0.39 is 35.9 Å². The second kappa shape index (κ2) is 10.7. The minimum atomic E-state index is -3.54. The van der Waals surface area contributed by atoms with E-state index in [-0.39, 0.29) is 23.6 Å². The molecule has 2 atom stereocenters. The maximum absolute atomic E-state index is 14.6.